The molecule has 0 aliphatic carbocycles. The molecule has 1 amide bonds. The van der Waals surface area contributed by atoms with Crippen LogP contribution in [0.2, 0.25) is 0 Å². The summed E-state index contributed by atoms with van der Waals surface area (Å²) in [5.41, 5.74) is 0.339. The second-order valence-electron chi connectivity index (χ2n) is 4.93. The Morgan fingerprint density at radius 1 is 1.38 bits per heavy atom. The van der Waals surface area contributed by atoms with Crippen LogP contribution in [-0.2, 0) is 14.8 Å². The minimum absolute atomic E-state index is 0.0556. The van der Waals surface area contributed by atoms with Crippen molar-refractivity contribution >= 4 is 15.9 Å². The zero-order chi connectivity index (χ0) is 16.0. The number of aromatic nitrogens is 1. The summed E-state index contributed by atoms with van der Waals surface area (Å²) in [5, 5.41) is 6.37. The van der Waals surface area contributed by atoms with E-state index in [0.717, 1.165) is 12.8 Å². The first kappa shape index (κ1) is 17.6. The van der Waals surface area contributed by atoms with E-state index in [-0.39, 0.29) is 29.7 Å². The van der Waals surface area contributed by atoms with Crippen molar-refractivity contribution in [2.75, 3.05) is 20.1 Å². The van der Waals surface area contributed by atoms with Crippen LogP contribution < -0.4 is 5.32 Å². The number of nitrogens with one attached hydrogen (secondary N) is 1. The van der Waals surface area contributed by atoms with Crippen LogP contribution in [0.5, 0.6) is 0 Å². The van der Waals surface area contributed by atoms with E-state index in [1.165, 1.54) is 11.4 Å². The van der Waals surface area contributed by atoms with Gasteiger partial charge in [-0.15, -0.1) is 0 Å². The molecule has 8 heteroatoms. The van der Waals surface area contributed by atoms with Crippen molar-refractivity contribution in [1.29, 1.82) is 0 Å². The summed E-state index contributed by atoms with van der Waals surface area (Å²) < 4.78 is 30.9. The van der Waals surface area contributed by atoms with E-state index in [9.17, 15) is 13.2 Å². The third-order valence-corrected chi connectivity index (χ3v) is 5.24. The lowest BCUT2D eigenvalue weighted by molar-refractivity contribution is -0.121. The number of likely N-dealkylation sites (N-methyl/N-ethyl adjacent to an activating group) is 1. The normalized spacial score (nSPS) is 11.9. The molecule has 0 atom stereocenters. The summed E-state index contributed by atoms with van der Waals surface area (Å²) in [5.74, 6) is 0.214. The molecule has 0 radical (unpaired) electrons. The number of hydrogen-bond acceptors (Lipinski definition) is 5. The van der Waals surface area contributed by atoms with Gasteiger partial charge in [-0.3, -0.25) is 4.79 Å². The van der Waals surface area contributed by atoms with Gasteiger partial charge < -0.3 is 9.84 Å². The predicted octanol–water partition coefficient (Wildman–Crippen LogP) is 1.22. The number of amides is 1. The van der Waals surface area contributed by atoms with Crippen molar-refractivity contribution in [2.24, 2.45) is 0 Å². The van der Waals surface area contributed by atoms with Gasteiger partial charge in [0.15, 0.2) is 5.76 Å². The maximum absolute atomic E-state index is 12.4. The summed E-state index contributed by atoms with van der Waals surface area (Å²) in [6, 6.07) is 0. The van der Waals surface area contributed by atoms with E-state index in [1.807, 2.05) is 6.92 Å². The molecule has 1 N–H and O–H groups in total. The van der Waals surface area contributed by atoms with Crippen LogP contribution in [0.1, 0.15) is 37.6 Å². The summed E-state index contributed by atoms with van der Waals surface area (Å²) in [6.07, 6.45) is 2.25. The van der Waals surface area contributed by atoms with Crippen LogP contribution in [-0.4, -0.2) is 43.9 Å². The number of sulfonamides is 1. The SMILES string of the molecule is CCCCC(=O)NCCN(C)S(=O)(=O)c1c(C)noc1C. The molecule has 0 fully saturated rings. The first-order chi connectivity index (χ1) is 9.80. The summed E-state index contributed by atoms with van der Waals surface area (Å²) in [6.45, 7) is 5.64. The molecule has 1 heterocycles. The maximum atomic E-state index is 12.4. The Morgan fingerprint density at radius 2 is 2.05 bits per heavy atom. The van der Waals surface area contributed by atoms with Crippen molar-refractivity contribution < 1.29 is 17.7 Å². The summed E-state index contributed by atoms with van der Waals surface area (Å²) >= 11 is 0. The van der Waals surface area contributed by atoms with E-state index < -0.39 is 10.0 Å². The number of nitrogens with zero attached hydrogens (tertiary/aromatic N) is 2. The molecule has 1 rings (SSSR count). The number of carbonyl (C=O) groups excluding carboxylic acids is 1. The van der Waals surface area contributed by atoms with Crippen LogP contribution in [0, 0.1) is 13.8 Å². The first-order valence-corrected chi connectivity index (χ1v) is 8.40. The highest BCUT2D eigenvalue weighted by molar-refractivity contribution is 7.89. The minimum Gasteiger partial charge on any atom is -0.360 e. The average molecular weight is 317 g/mol. The molecule has 0 aliphatic rings. The Labute approximate surface area is 125 Å². The van der Waals surface area contributed by atoms with E-state index in [1.54, 1.807) is 13.8 Å². The third kappa shape index (κ3) is 4.53. The lowest BCUT2D eigenvalue weighted by atomic mass is 10.2. The van der Waals surface area contributed by atoms with Gasteiger partial charge in [0.2, 0.25) is 15.9 Å². The number of aryl methyl sites for hydroxylation is 2. The molecule has 0 unspecified atom stereocenters. The van der Waals surface area contributed by atoms with Crippen molar-refractivity contribution in [3.05, 3.63) is 11.5 Å². The molecular weight excluding hydrogens is 294 g/mol. The van der Waals surface area contributed by atoms with Gasteiger partial charge in [0.25, 0.3) is 0 Å². The van der Waals surface area contributed by atoms with Crippen molar-refractivity contribution in [3.63, 3.8) is 0 Å². The Kier molecular flexibility index (Phi) is 6.35. The zero-order valence-electron chi connectivity index (χ0n) is 13.0. The highest BCUT2D eigenvalue weighted by Gasteiger charge is 2.28. The lowest BCUT2D eigenvalue weighted by Gasteiger charge is -2.17. The Hall–Kier alpha value is -1.41. The van der Waals surface area contributed by atoms with Gasteiger partial charge >= 0.3 is 0 Å². The monoisotopic (exact) mass is 317 g/mol. The van der Waals surface area contributed by atoms with Gasteiger partial charge in [0, 0.05) is 26.6 Å². The van der Waals surface area contributed by atoms with Crippen LogP contribution >= 0.6 is 0 Å². The van der Waals surface area contributed by atoms with E-state index >= 15 is 0 Å². The second-order valence-corrected chi connectivity index (χ2v) is 6.92. The van der Waals surface area contributed by atoms with Crippen molar-refractivity contribution in [1.82, 2.24) is 14.8 Å². The first-order valence-electron chi connectivity index (χ1n) is 6.96. The van der Waals surface area contributed by atoms with Crippen molar-refractivity contribution in [2.45, 2.75) is 44.9 Å². The smallest absolute Gasteiger partial charge is 0.248 e. The highest BCUT2D eigenvalue weighted by Crippen LogP contribution is 2.21. The fraction of sp³-hybridized carbons (Fsp3) is 0.692. The van der Waals surface area contributed by atoms with Crippen LogP contribution in [0.15, 0.2) is 9.42 Å². The van der Waals surface area contributed by atoms with Gasteiger partial charge in [-0.05, 0) is 20.3 Å². The van der Waals surface area contributed by atoms with Crippen LogP contribution in [0.3, 0.4) is 0 Å². The van der Waals surface area contributed by atoms with E-state index in [2.05, 4.69) is 10.5 Å². The Morgan fingerprint density at radius 3 is 2.57 bits per heavy atom. The summed E-state index contributed by atoms with van der Waals surface area (Å²) in [4.78, 5) is 11.6. The molecule has 0 aromatic carbocycles. The molecule has 120 valence electrons. The lowest BCUT2D eigenvalue weighted by Crippen LogP contribution is -2.36. The maximum Gasteiger partial charge on any atom is 0.248 e. The number of rotatable bonds is 8. The minimum atomic E-state index is -3.65. The Balaban J connectivity index is 2.59. The molecule has 0 spiro atoms. The molecular formula is C13H23N3O4S. The molecule has 21 heavy (non-hydrogen) atoms. The Bertz CT molecular complexity index is 561. The molecule has 0 bridgehead atoms. The molecule has 0 saturated carbocycles. The molecule has 0 saturated heterocycles. The molecule has 0 aliphatic heterocycles. The zero-order valence-corrected chi connectivity index (χ0v) is 13.8. The quantitative estimate of drug-likeness (QED) is 0.778. The van der Waals surface area contributed by atoms with Gasteiger partial charge in [-0.2, -0.15) is 4.31 Å². The molecule has 1 aromatic rings. The third-order valence-electron chi connectivity index (χ3n) is 3.14. The second kappa shape index (κ2) is 7.56. The number of hydrogen-bond donors (Lipinski definition) is 1. The van der Waals surface area contributed by atoms with Gasteiger partial charge in [0.05, 0.1) is 0 Å². The van der Waals surface area contributed by atoms with E-state index in [4.69, 9.17) is 4.52 Å². The topological polar surface area (TPSA) is 92.5 Å². The van der Waals surface area contributed by atoms with E-state index in [0.29, 0.717) is 12.1 Å². The van der Waals surface area contributed by atoms with Crippen molar-refractivity contribution in [3.8, 4) is 0 Å². The van der Waals surface area contributed by atoms with Gasteiger partial charge in [-0.25, -0.2) is 8.42 Å². The highest BCUT2D eigenvalue weighted by atomic mass is 32.2. The standard InChI is InChI=1S/C13H23N3O4S/c1-5-6-7-12(17)14-8-9-16(4)21(18,19)13-10(2)15-20-11(13)3/h5-9H2,1-4H3,(H,14,17). The summed E-state index contributed by atoms with van der Waals surface area (Å²) in [7, 11) is -2.17. The average Bonchev–Trinajstić information content (AvgIpc) is 2.76. The van der Waals surface area contributed by atoms with Gasteiger partial charge in [-0.1, -0.05) is 18.5 Å². The predicted molar refractivity (Wildman–Crippen MR) is 78.3 cm³/mol. The number of carbonyl (C=O) groups is 1. The fourth-order valence-corrected chi connectivity index (χ4v) is 3.35. The van der Waals surface area contributed by atoms with Crippen LogP contribution in [0.25, 0.3) is 0 Å². The van der Waals surface area contributed by atoms with Gasteiger partial charge in [0.1, 0.15) is 10.6 Å². The van der Waals surface area contributed by atoms with Crippen LogP contribution in [0.4, 0.5) is 0 Å². The fourth-order valence-electron chi connectivity index (χ4n) is 1.90. The molecule has 7 nitrogen and oxygen atoms in total. The number of unbranched alkanes of at least 4 members (excludes halogenated alkanes) is 1. The largest absolute Gasteiger partial charge is 0.360 e. The molecule has 1 aromatic heterocycles.